The molecule has 0 atom stereocenters. The van der Waals surface area contributed by atoms with Crippen LogP contribution in [0.2, 0.25) is 5.02 Å². The van der Waals surface area contributed by atoms with Crippen LogP contribution in [0.4, 0.5) is 21.1 Å². The maximum absolute atomic E-state index is 12.9. The van der Waals surface area contributed by atoms with Gasteiger partial charge in [0, 0.05) is 43.9 Å². The molecule has 2 aromatic rings. The summed E-state index contributed by atoms with van der Waals surface area (Å²) in [7, 11) is 1.84. The van der Waals surface area contributed by atoms with Crippen LogP contribution in [0.15, 0.2) is 36.5 Å². The summed E-state index contributed by atoms with van der Waals surface area (Å²) < 4.78 is 0. The Morgan fingerprint density at radius 2 is 1.88 bits per heavy atom. The number of benzene rings is 1. The molecule has 1 aliphatic carbocycles. The van der Waals surface area contributed by atoms with E-state index >= 15 is 0 Å². The Morgan fingerprint density at radius 1 is 1.09 bits per heavy atom. The molecule has 166 valence electrons. The quantitative estimate of drug-likeness (QED) is 0.760. The number of carbonyl (C=O) groups excluding carboxylic acids is 3. The first-order valence-electron chi connectivity index (χ1n) is 10.8. The molecular formula is C23H24ClN5O3. The number of hydrogen-bond donors (Lipinski definition) is 1. The average molecular weight is 454 g/mol. The summed E-state index contributed by atoms with van der Waals surface area (Å²) in [5.41, 5.74) is 1.89. The molecule has 2 saturated heterocycles. The van der Waals surface area contributed by atoms with E-state index in [1.165, 1.54) is 4.90 Å². The number of urea groups is 2. The van der Waals surface area contributed by atoms with Gasteiger partial charge in [-0.2, -0.15) is 0 Å². The third kappa shape index (κ3) is 3.30. The van der Waals surface area contributed by atoms with Crippen molar-refractivity contribution in [1.82, 2.24) is 15.2 Å². The van der Waals surface area contributed by atoms with Gasteiger partial charge in [0.2, 0.25) is 5.91 Å². The fraction of sp³-hybridized carbons (Fsp3) is 0.391. The van der Waals surface area contributed by atoms with Crippen molar-refractivity contribution in [1.29, 1.82) is 0 Å². The topological polar surface area (TPSA) is 85.8 Å². The zero-order valence-electron chi connectivity index (χ0n) is 17.8. The lowest BCUT2D eigenvalue weighted by Crippen LogP contribution is -2.49. The van der Waals surface area contributed by atoms with Crippen LogP contribution in [0.3, 0.4) is 0 Å². The van der Waals surface area contributed by atoms with E-state index in [1.807, 2.05) is 36.2 Å². The van der Waals surface area contributed by atoms with Gasteiger partial charge in [-0.1, -0.05) is 36.6 Å². The van der Waals surface area contributed by atoms with Crippen LogP contribution in [0, 0.1) is 0 Å². The van der Waals surface area contributed by atoms with Gasteiger partial charge < -0.3 is 4.90 Å². The molecule has 8 nitrogen and oxygen atoms in total. The Labute approximate surface area is 191 Å². The third-order valence-corrected chi connectivity index (χ3v) is 7.07. The monoisotopic (exact) mass is 453 g/mol. The van der Waals surface area contributed by atoms with Gasteiger partial charge in [0.05, 0.1) is 16.2 Å². The molecule has 5 rings (SSSR count). The van der Waals surface area contributed by atoms with Crippen molar-refractivity contribution in [3.63, 3.8) is 0 Å². The number of imide groups is 1. The maximum Gasteiger partial charge on any atom is 0.328 e. The molecule has 9 heteroatoms. The van der Waals surface area contributed by atoms with Gasteiger partial charge in [0.25, 0.3) is 0 Å². The number of halogens is 1. The van der Waals surface area contributed by atoms with Gasteiger partial charge in [0.15, 0.2) is 0 Å². The molecule has 0 bridgehead atoms. The molecule has 2 aliphatic heterocycles. The van der Waals surface area contributed by atoms with Crippen LogP contribution in [-0.4, -0.2) is 53.5 Å². The van der Waals surface area contributed by atoms with Crippen LogP contribution >= 0.6 is 11.6 Å². The van der Waals surface area contributed by atoms with E-state index in [2.05, 4.69) is 10.3 Å². The minimum absolute atomic E-state index is 0.0159. The van der Waals surface area contributed by atoms with E-state index in [9.17, 15) is 14.4 Å². The molecule has 1 saturated carbocycles. The van der Waals surface area contributed by atoms with Crippen molar-refractivity contribution < 1.29 is 14.4 Å². The SMILES string of the molecule is CN1CC2(CCCC2)N(c2ccc(-c3cccc(N4CCC(=O)NC4=O)c3Cl)cn2)C1=O. The predicted octanol–water partition coefficient (Wildman–Crippen LogP) is 4.03. The van der Waals surface area contributed by atoms with E-state index in [-0.39, 0.29) is 30.4 Å². The van der Waals surface area contributed by atoms with Gasteiger partial charge in [-0.05, 0) is 31.0 Å². The van der Waals surface area contributed by atoms with Gasteiger partial charge in [-0.3, -0.25) is 19.9 Å². The van der Waals surface area contributed by atoms with Crippen molar-refractivity contribution in [3.8, 4) is 11.1 Å². The first-order valence-corrected chi connectivity index (χ1v) is 11.2. The number of pyridine rings is 1. The van der Waals surface area contributed by atoms with Gasteiger partial charge in [-0.25, -0.2) is 14.6 Å². The summed E-state index contributed by atoms with van der Waals surface area (Å²) in [5, 5.41) is 2.73. The van der Waals surface area contributed by atoms with Crippen LogP contribution in [0.1, 0.15) is 32.1 Å². The van der Waals surface area contributed by atoms with Crippen LogP contribution in [0.25, 0.3) is 11.1 Å². The van der Waals surface area contributed by atoms with Crippen LogP contribution in [0.5, 0.6) is 0 Å². The van der Waals surface area contributed by atoms with E-state index < -0.39 is 6.03 Å². The number of likely N-dealkylation sites (N-methyl/N-ethyl adjacent to an activating group) is 1. The number of carbonyl (C=O) groups is 3. The van der Waals surface area contributed by atoms with Crippen LogP contribution in [-0.2, 0) is 4.79 Å². The van der Waals surface area contributed by atoms with E-state index in [0.717, 1.165) is 43.4 Å². The highest BCUT2D eigenvalue weighted by molar-refractivity contribution is 6.36. The number of amides is 5. The number of rotatable bonds is 3. The zero-order valence-corrected chi connectivity index (χ0v) is 18.6. The summed E-state index contributed by atoms with van der Waals surface area (Å²) in [6.07, 6.45) is 6.15. The molecule has 3 aliphatic rings. The standard InChI is InChI=1S/C23H24ClN5O3/c1-27-14-23(10-2-3-11-23)29(22(27)32)18-8-7-15(13-25-18)16-5-4-6-17(20(16)24)28-12-9-19(30)26-21(28)31/h4-8,13H,2-3,9-12,14H2,1H3,(H,26,30,31). The second-order valence-electron chi connectivity index (χ2n) is 8.70. The fourth-order valence-corrected chi connectivity index (χ4v) is 5.47. The number of hydrogen-bond acceptors (Lipinski definition) is 4. The largest absolute Gasteiger partial charge is 0.328 e. The lowest BCUT2D eigenvalue weighted by atomic mass is 9.96. The zero-order chi connectivity index (χ0) is 22.5. The van der Waals surface area contributed by atoms with Gasteiger partial charge in [-0.15, -0.1) is 0 Å². The highest BCUT2D eigenvalue weighted by Crippen LogP contribution is 2.43. The second-order valence-corrected chi connectivity index (χ2v) is 9.08. The van der Waals surface area contributed by atoms with E-state index in [0.29, 0.717) is 16.5 Å². The van der Waals surface area contributed by atoms with Crippen LogP contribution < -0.4 is 15.1 Å². The molecule has 1 aromatic heterocycles. The fourth-order valence-electron chi connectivity index (χ4n) is 5.13. The molecule has 3 fully saturated rings. The average Bonchev–Trinajstić information content (AvgIpc) is 3.33. The molecule has 1 N–H and O–H groups in total. The second kappa shape index (κ2) is 7.78. The summed E-state index contributed by atoms with van der Waals surface area (Å²) in [4.78, 5) is 46.3. The summed E-state index contributed by atoms with van der Waals surface area (Å²) in [5.74, 6) is 0.353. The molecular weight excluding hydrogens is 430 g/mol. The Balaban J connectivity index is 1.45. The van der Waals surface area contributed by atoms with E-state index in [4.69, 9.17) is 11.6 Å². The molecule has 32 heavy (non-hydrogen) atoms. The van der Waals surface area contributed by atoms with Crippen molar-refractivity contribution in [2.24, 2.45) is 0 Å². The number of nitrogens with one attached hydrogen (secondary N) is 1. The molecule has 0 radical (unpaired) electrons. The lowest BCUT2D eigenvalue weighted by molar-refractivity contribution is -0.120. The van der Waals surface area contributed by atoms with Crippen molar-refractivity contribution in [2.75, 3.05) is 29.9 Å². The van der Waals surface area contributed by atoms with Gasteiger partial charge in [0.1, 0.15) is 5.82 Å². The Bertz CT molecular complexity index is 1100. The minimum Gasteiger partial charge on any atom is -0.325 e. The first kappa shape index (κ1) is 20.8. The Hall–Kier alpha value is -3.13. The molecule has 3 heterocycles. The van der Waals surface area contributed by atoms with E-state index in [1.54, 1.807) is 17.2 Å². The predicted molar refractivity (Wildman–Crippen MR) is 122 cm³/mol. The van der Waals surface area contributed by atoms with Gasteiger partial charge >= 0.3 is 12.1 Å². The lowest BCUT2D eigenvalue weighted by Gasteiger charge is -2.32. The highest BCUT2D eigenvalue weighted by Gasteiger charge is 2.51. The molecule has 1 aromatic carbocycles. The molecule has 0 unspecified atom stereocenters. The normalized spacial score (nSPS) is 20.4. The molecule has 1 spiro atoms. The highest BCUT2D eigenvalue weighted by atomic mass is 35.5. The minimum atomic E-state index is -0.479. The number of aromatic nitrogens is 1. The first-order chi connectivity index (χ1) is 15.4. The van der Waals surface area contributed by atoms with Crippen molar-refractivity contribution >= 4 is 41.1 Å². The number of nitrogens with zero attached hydrogens (tertiary/aromatic N) is 4. The van der Waals surface area contributed by atoms with Crippen molar-refractivity contribution in [3.05, 3.63) is 41.6 Å². The smallest absolute Gasteiger partial charge is 0.325 e. The third-order valence-electron chi connectivity index (χ3n) is 6.67. The molecule has 5 amide bonds. The summed E-state index contributed by atoms with van der Waals surface area (Å²) in [6.45, 7) is 1.00. The number of anilines is 2. The Morgan fingerprint density at radius 3 is 2.56 bits per heavy atom. The summed E-state index contributed by atoms with van der Waals surface area (Å²) in [6, 6.07) is 8.71. The Kier molecular flexibility index (Phi) is 5.04. The maximum atomic E-state index is 12.9. The summed E-state index contributed by atoms with van der Waals surface area (Å²) >= 11 is 6.68. The van der Waals surface area contributed by atoms with Crippen molar-refractivity contribution in [2.45, 2.75) is 37.6 Å².